The minimum absolute atomic E-state index is 0. The van der Waals surface area contributed by atoms with E-state index in [0.29, 0.717) is 25.4 Å². The van der Waals surface area contributed by atoms with E-state index in [1.165, 1.54) is 0 Å². The van der Waals surface area contributed by atoms with E-state index >= 15 is 0 Å². The Morgan fingerprint density at radius 2 is 2.22 bits per heavy atom. The van der Waals surface area contributed by atoms with E-state index < -0.39 is 0 Å². The largest absolute Gasteiger partial charge is 0.491 e. The fourth-order valence-corrected chi connectivity index (χ4v) is 2.54. The lowest BCUT2D eigenvalue weighted by atomic mass is 10.1. The van der Waals surface area contributed by atoms with Crippen LogP contribution in [0.2, 0.25) is 0 Å². The van der Waals surface area contributed by atoms with Gasteiger partial charge >= 0.3 is 0 Å². The number of benzene rings is 1. The quantitative estimate of drug-likeness (QED) is 0.725. The van der Waals surface area contributed by atoms with Crippen molar-refractivity contribution in [2.75, 3.05) is 19.7 Å². The number of fused-ring (bicyclic) bond motifs is 1. The molecule has 0 spiro atoms. The predicted octanol–water partition coefficient (Wildman–Crippen LogP) is 1.59. The maximum atomic E-state index is 12.2. The highest BCUT2D eigenvalue weighted by atomic mass is 35.5. The van der Waals surface area contributed by atoms with Gasteiger partial charge in [-0.2, -0.15) is 5.10 Å². The van der Waals surface area contributed by atoms with E-state index in [4.69, 9.17) is 4.74 Å². The van der Waals surface area contributed by atoms with Crippen molar-refractivity contribution in [1.29, 1.82) is 0 Å². The predicted molar refractivity (Wildman–Crippen MR) is 90.3 cm³/mol. The lowest BCUT2D eigenvalue weighted by Gasteiger charge is -2.13. The standard InChI is InChI=1S/C16H20N4O2.ClH/c1-11-4-2-3-5-14(11)22-9-8-18-16(21)15-12-10-17-7-6-13(12)19-20-15;/h2-5,17H,6-10H2,1H3,(H,18,21)(H,19,20);1H. The van der Waals surface area contributed by atoms with Crippen molar-refractivity contribution in [3.05, 3.63) is 46.8 Å². The van der Waals surface area contributed by atoms with Gasteiger partial charge in [0.15, 0.2) is 5.69 Å². The smallest absolute Gasteiger partial charge is 0.272 e. The van der Waals surface area contributed by atoms with Crippen LogP contribution < -0.4 is 15.4 Å². The van der Waals surface area contributed by atoms with Gasteiger partial charge in [0.05, 0.1) is 6.54 Å². The number of nitrogens with one attached hydrogen (secondary N) is 3. The number of hydrogen-bond acceptors (Lipinski definition) is 4. The van der Waals surface area contributed by atoms with Gasteiger partial charge in [0, 0.05) is 30.8 Å². The Bertz CT molecular complexity index is 672. The SMILES string of the molecule is Cc1ccccc1OCCNC(=O)c1n[nH]c2c1CNCC2.Cl. The monoisotopic (exact) mass is 336 g/mol. The summed E-state index contributed by atoms with van der Waals surface area (Å²) in [6.07, 6.45) is 0.881. The van der Waals surface area contributed by atoms with Crippen molar-refractivity contribution < 1.29 is 9.53 Å². The molecule has 1 aromatic carbocycles. The normalized spacial score (nSPS) is 12.9. The molecule has 0 bridgehead atoms. The maximum Gasteiger partial charge on any atom is 0.272 e. The molecule has 3 N–H and O–H groups in total. The summed E-state index contributed by atoms with van der Waals surface area (Å²) >= 11 is 0. The summed E-state index contributed by atoms with van der Waals surface area (Å²) in [6.45, 7) is 4.48. The molecule has 6 nitrogen and oxygen atoms in total. The molecule has 1 aliphatic heterocycles. The molecule has 7 heteroatoms. The van der Waals surface area contributed by atoms with Crippen LogP contribution in [0.3, 0.4) is 0 Å². The first kappa shape index (κ1) is 17.3. The van der Waals surface area contributed by atoms with Crippen LogP contribution in [-0.2, 0) is 13.0 Å². The molecule has 3 rings (SSSR count). The van der Waals surface area contributed by atoms with Crippen LogP contribution in [0.1, 0.15) is 27.3 Å². The fraction of sp³-hybridized carbons (Fsp3) is 0.375. The molecule has 2 aromatic rings. The maximum absolute atomic E-state index is 12.2. The third-order valence-corrected chi connectivity index (χ3v) is 3.76. The van der Waals surface area contributed by atoms with Crippen LogP contribution >= 0.6 is 12.4 Å². The number of nitrogens with zero attached hydrogens (tertiary/aromatic N) is 1. The Balaban J connectivity index is 0.00000192. The fourth-order valence-electron chi connectivity index (χ4n) is 2.54. The second-order valence-electron chi connectivity index (χ2n) is 5.33. The minimum Gasteiger partial charge on any atom is -0.491 e. The van der Waals surface area contributed by atoms with Crippen LogP contribution in [0.4, 0.5) is 0 Å². The highest BCUT2D eigenvalue weighted by Crippen LogP contribution is 2.16. The van der Waals surface area contributed by atoms with E-state index in [2.05, 4.69) is 20.8 Å². The Labute approximate surface area is 141 Å². The molecule has 0 atom stereocenters. The molecule has 0 unspecified atom stereocenters. The number of amides is 1. The molecule has 124 valence electrons. The van der Waals surface area contributed by atoms with Gasteiger partial charge in [0.2, 0.25) is 0 Å². The van der Waals surface area contributed by atoms with Crippen molar-refractivity contribution in [2.24, 2.45) is 0 Å². The highest BCUT2D eigenvalue weighted by molar-refractivity contribution is 5.94. The molecule has 2 heterocycles. The van der Waals surface area contributed by atoms with Gasteiger partial charge in [-0.05, 0) is 18.6 Å². The average molecular weight is 337 g/mol. The Hall–Kier alpha value is -2.05. The second-order valence-corrected chi connectivity index (χ2v) is 5.33. The van der Waals surface area contributed by atoms with E-state index in [9.17, 15) is 4.79 Å². The van der Waals surface area contributed by atoms with E-state index in [-0.39, 0.29) is 18.3 Å². The zero-order valence-corrected chi connectivity index (χ0v) is 13.8. The Morgan fingerprint density at radius 1 is 1.39 bits per heavy atom. The molecule has 0 aliphatic carbocycles. The van der Waals surface area contributed by atoms with Gasteiger partial charge in [-0.3, -0.25) is 9.89 Å². The summed E-state index contributed by atoms with van der Waals surface area (Å²) in [4.78, 5) is 12.2. The number of rotatable bonds is 5. The van der Waals surface area contributed by atoms with Gasteiger partial charge in [0.25, 0.3) is 5.91 Å². The third-order valence-electron chi connectivity index (χ3n) is 3.76. The number of para-hydroxylation sites is 1. The number of carbonyl (C=O) groups is 1. The Kier molecular flexibility index (Phi) is 6.01. The van der Waals surface area contributed by atoms with Gasteiger partial charge < -0.3 is 15.4 Å². The molecule has 1 aromatic heterocycles. The molecule has 0 fully saturated rings. The van der Waals surface area contributed by atoms with E-state index in [1.807, 2.05) is 31.2 Å². The van der Waals surface area contributed by atoms with Gasteiger partial charge in [-0.1, -0.05) is 18.2 Å². The Morgan fingerprint density at radius 3 is 3.04 bits per heavy atom. The van der Waals surface area contributed by atoms with Crippen molar-refractivity contribution in [3.8, 4) is 5.75 Å². The second kappa shape index (κ2) is 7.99. The summed E-state index contributed by atoms with van der Waals surface area (Å²) in [5.74, 6) is 0.688. The highest BCUT2D eigenvalue weighted by Gasteiger charge is 2.21. The number of aromatic nitrogens is 2. The van der Waals surface area contributed by atoms with Crippen molar-refractivity contribution in [1.82, 2.24) is 20.8 Å². The summed E-state index contributed by atoms with van der Waals surface area (Å²) in [6, 6.07) is 7.83. The molecular formula is C16H21ClN4O2. The van der Waals surface area contributed by atoms with E-state index in [1.54, 1.807) is 0 Å². The van der Waals surface area contributed by atoms with Gasteiger partial charge in [-0.25, -0.2) is 0 Å². The lowest BCUT2D eigenvalue weighted by molar-refractivity contribution is 0.0941. The number of hydrogen-bond donors (Lipinski definition) is 3. The number of H-pyrrole nitrogens is 1. The molecular weight excluding hydrogens is 316 g/mol. The third kappa shape index (κ3) is 4.03. The zero-order valence-electron chi connectivity index (χ0n) is 13.0. The van der Waals surface area contributed by atoms with Crippen LogP contribution in [0.15, 0.2) is 24.3 Å². The summed E-state index contributed by atoms with van der Waals surface area (Å²) in [5.41, 5.74) is 3.60. The molecule has 1 amide bonds. The zero-order chi connectivity index (χ0) is 15.4. The molecule has 0 saturated carbocycles. The van der Waals surface area contributed by atoms with Crippen LogP contribution in [0.25, 0.3) is 0 Å². The van der Waals surface area contributed by atoms with E-state index in [0.717, 1.165) is 35.5 Å². The van der Waals surface area contributed by atoms with Crippen molar-refractivity contribution in [2.45, 2.75) is 19.9 Å². The molecule has 0 saturated heterocycles. The van der Waals surface area contributed by atoms with Crippen LogP contribution in [0.5, 0.6) is 5.75 Å². The van der Waals surface area contributed by atoms with Crippen molar-refractivity contribution in [3.63, 3.8) is 0 Å². The number of carbonyl (C=O) groups excluding carboxylic acids is 1. The van der Waals surface area contributed by atoms with Gasteiger partial charge in [0.1, 0.15) is 12.4 Å². The molecule has 23 heavy (non-hydrogen) atoms. The summed E-state index contributed by atoms with van der Waals surface area (Å²) < 4.78 is 5.66. The lowest BCUT2D eigenvalue weighted by Crippen LogP contribution is -2.31. The number of halogens is 1. The van der Waals surface area contributed by atoms with Crippen LogP contribution in [-0.4, -0.2) is 35.8 Å². The average Bonchev–Trinajstić information content (AvgIpc) is 2.97. The number of aryl methyl sites for hydroxylation is 1. The van der Waals surface area contributed by atoms with Crippen LogP contribution in [0, 0.1) is 6.92 Å². The topological polar surface area (TPSA) is 79.0 Å². The first-order valence-electron chi connectivity index (χ1n) is 7.49. The minimum atomic E-state index is -0.158. The molecule has 1 aliphatic rings. The summed E-state index contributed by atoms with van der Waals surface area (Å²) in [5, 5.41) is 13.2. The van der Waals surface area contributed by atoms with Gasteiger partial charge in [-0.15, -0.1) is 12.4 Å². The summed E-state index contributed by atoms with van der Waals surface area (Å²) in [7, 11) is 0. The van der Waals surface area contributed by atoms with Crippen molar-refractivity contribution >= 4 is 18.3 Å². The number of ether oxygens (including phenoxy) is 1. The first-order valence-corrected chi connectivity index (χ1v) is 7.49. The number of aromatic amines is 1. The first-order chi connectivity index (χ1) is 10.8. The molecule has 0 radical (unpaired) electrons.